The number of amidine groups is 1. The second kappa shape index (κ2) is 9.06. The summed E-state index contributed by atoms with van der Waals surface area (Å²) in [6, 6.07) is 5.25. The van der Waals surface area contributed by atoms with Crippen LogP contribution in [-0.2, 0) is 21.8 Å². The smallest absolute Gasteiger partial charge is 0.165 e. The summed E-state index contributed by atoms with van der Waals surface area (Å²) >= 11 is 0. The Morgan fingerprint density at radius 3 is 2.68 bits per heavy atom. The number of sulfone groups is 1. The second-order valence-electron chi connectivity index (χ2n) is 9.96. The number of hydrogen-bond donors (Lipinski definition) is 1. The van der Waals surface area contributed by atoms with Crippen molar-refractivity contribution in [3.63, 3.8) is 0 Å². The summed E-state index contributed by atoms with van der Waals surface area (Å²) in [5.41, 5.74) is 6.87. The van der Waals surface area contributed by atoms with Crippen molar-refractivity contribution < 1.29 is 17.5 Å². The summed E-state index contributed by atoms with van der Waals surface area (Å²) in [6.45, 7) is 5.26. The van der Waals surface area contributed by atoms with Gasteiger partial charge in [0.2, 0.25) is 0 Å². The van der Waals surface area contributed by atoms with E-state index in [-0.39, 0.29) is 36.1 Å². The van der Waals surface area contributed by atoms with Crippen molar-refractivity contribution in [1.29, 1.82) is 0 Å². The molecule has 2 aliphatic rings. The van der Waals surface area contributed by atoms with E-state index in [1.807, 2.05) is 12.1 Å². The third-order valence-electron chi connectivity index (χ3n) is 7.33. The van der Waals surface area contributed by atoms with Gasteiger partial charge in [-0.15, -0.1) is 5.92 Å². The van der Waals surface area contributed by atoms with E-state index in [2.05, 4.69) is 31.8 Å². The minimum atomic E-state index is -3.68. The van der Waals surface area contributed by atoms with E-state index in [9.17, 15) is 8.42 Å². The van der Waals surface area contributed by atoms with Crippen LogP contribution < -0.4 is 10.5 Å². The first kappa shape index (κ1) is 25.1. The van der Waals surface area contributed by atoms with Crippen LogP contribution in [0.2, 0.25) is 0 Å². The van der Waals surface area contributed by atoms with E-state index in [0.717, 1.165) is 24.4 Å². The molecule has 0 bridgehead atoms. The normalized spacial score (nSPS) is 24.7. The van der Waals surface area contributed by atoms with Gasteiger partial charge in [0, 0.05) is 29.3 Å². The van der Waals surface area contributed by atoms with E-state index in [1.54, 1.807) is 39.2 Å². The summed E-state index contributed by atoms with van der Waals surface area (Å²) in [7, 11) is -3.68. The molecule has 192 valence electrons. The Kier molecular flexibility index (Phi) is 6.15. The molecular weight excluding hydrogens is 493 g/mol. The Labute approximate surface area is 215 Å². The molecule has 0 aromatic carbocycles. The number of aromatic nitrogens is 3. The van der Waals surface area contributed by atoms with Gasteiger partial charge in [-0.1, -0.05) is 5.92 Å². The van der Waals surface area contributed by atoms with E-state index >= 15 is 4.39 Å². The standard InChI is InChI=1S/C27H28FN5O3S/c1-4-5-10-36-20-11-17-8-9-30-23(24(17)32-14-20)13-19-12-21(22(28)15-31-19)26(2)16-37(34,35)27(3,18-6-7-18)25(29)33-26/h8-9,11-12,14-15,18H,6-7,10,13,16H2,1-3H3,(H2,29,33)/t26-,27-/m0/s1. The van der Waals surface area contributed by atoms with E-state index < -0.39 is 25.9 Å². The van der Waals surface area contributed by atoms with E-state index in [0.29, 0.717) is 22.7 Å². The van der Waals surface area contributed by atoms with Crippen LogP contribution in [0.15, 0.2) is 41.8 Å². The van der Waals surface area contributed by atoms with Gasteiger partial charge in [-0.25, -0.2) is 12.8 Å². The quantitative estimate of drug-likeness (QED) is 0.494. The maximum absolute atomic E-state index is 15.1. The number of nitrogens with two attached hydrogens (primary N) is 1. The summed E-state index contributed by atoms with van der Waals surface area (Å²) in [6.07, 6.45) is 6.23. The molecule has 37 heavy (non-hydrogen) atoms. The van der Waals surface area contributed by atoms with Crippen LogP contribution in [0.25, 0.3) is 10.9 Å². The summed E-state index contributed by atoms with van der Waals surface area (Å²) in [4.78, 5) is 17.8. The largest absolute Gasteiger partial charge is 0.479 e. The van der Waals surface area contributed by atoms with Crippen molar-refractivity contribution in [3.05, 3.63) is 59.6 Å². The van der Waals surface area contributed by atoms with Crippen LogP contribution in [0.5, 0.6) is 5.75 Å². The highest BCUT2D eigenvalue weighted by Crippen LogP contribution is 2.49. The molecule has 8 nitrogen and oxygen atoms in total. The zero-order valence-electron chi connectivity index (χ0n) is 21.0. The molecule has 0 unspecified atom stereocenters. The minimum absolute atomic E-state index is 0.0425. The van der Waals surface area contributed by atoms with Crippen molar-refractivity contribution in [2.75, 3.05) is 12.4 Å². The van der Waals surface area contributed by atoms with E-state index in [1.165, 1.54) is 0 Å². The van der Waals surface area contributed by atoms with Crippen LogP contribution in [-0.4, -0.2) is 46.3 Å². The third-order valence-corrected chi connectivity index (χ3v) is 10.1. The average molecular weight is 522 g/mol. The average Bonchev–Trinajstić information content (AvgIpc) is 3.69. The molecule has 4 heterocycles. The fourth-order valence-corrected chi connectivity index (χ4v) is 7.35. The van der Waals surface area contributed by atoms with Gasteiger partial charge < -0.3 is 10.5 Å². The molecule has 0 saturated heterocycles. The number of fused-ring (bicyclic) bond motifs is 1. The molecule has 0 radical (unpaired) electrons. The van der Waals surface area contributed by atoms with Crippen molar-refractivity contribution in [3.8, 4) is 17.6 Å². The number of ether oxygens (including phenoxy) is 1. The van der Waals surface area contributed by atoms with Gasteiger partial charge in [0.1, 0.15) is 34.3 Å². The van der Waals surface area contributed by atoms with Crippen LogP contribution in [0.3, 0.4) is 0 Å². The lowest BCUT2D eigenvalue weighted by molar-refractivity contribution is 0.369. The molecule has 1 fully saturated rings. The lowest BCUT2D eigenvalue weighted by atomic mass is 9.92. The Morgan fingerprint density at radius 1 is 1.19 bits per heavy atom. The maximum atomic E-state index is 15.1. The highest BCUT2D eigenvalue weighted by Gasteiger charge is 2.59. The number of nitrogens with zero attached hydrogens (tertiary/aromatic N) is 4. The van der Waals surface area contributed by atoms with Crippen LogP contribution in [0.4, 0.5) is 4.39 Å². The molecule has 0 amide bonds. The van der Waals surface area contributed by atoms with Gasteiger partial charge in [0.15, 0.2) is 9.84 Å². The molecule has 1 aliphatic carbocycles. The van der Waals surface area contributed by atoms with Crippen LogP contribution in [0.1, 0.15) is 50.6 Å². The first-order valence-corrected chi connectivity index (χ1v) is 13.7. The predicted octanol–water partition coefficient (Wildman–Crippen LogP) is 3.33. The van der Waals surface area contributed by atoms with Crippen LogP contribution >= 0.6 is 0 Å². The fraction of sp³-hybridized carbons (Fsp3) is 0.407. The molecule has 10 heteroatoms. The van der Waals surface area contributed by atoms with Crippen molar-refractivity contribution in [2.45, 2.75) is 50.3 Å². The third kappa shape index (κ3) is 4.42. The lowest BCUT2D eigenvalue weighted by Gasteiger charge is -2.40. The predicted molar refractivity (Wildman–Crippen MR) is 139 cm³/mol. The number of rotatable bonds is 6. The first-order valence-electron chi connectivity index (χ1n) is 12.1. The zero-order chi connectivity index (χ0) is 26.4. The summed E-state index contributed by atoms with van der Waals surface area (Å²) in [5, 5.41) is 0.830. The molecule has 5 rings (SSSR count). The van der Waals surface area contributed by atoms with Crippen LogP contribution in [0, 0.1) is 23.6 Å². The molecule has 0 spiro atoms. The lowest BCUT2D eigenvalue weighted by Crippen LogP contribution is -2.58. The maximum Gasteiger partial charge on any atom is 0.165 e. The van der Waals surface area contributed by atoms with Gasteiger partial charge >= 0.3 is 0 Å². The summed E-state index contributed by atoms with van der Waals surface area (Å²) in [5.74, 6) is 5.26. The highest BCUT2D eigenvalue weighted by atomic mass is 32.2. The van der Waals surface area contributed by atoms with Crippen molar-refractivity contribution in [1.82, 2.24) is 15.0 Å². The topological polar surface area (TPSA) is 120 Å². The molecule has 2 atom stereocenters. The van der Waals surface area contributed by atoms with Gasteiger partial charge in [0.05, 0.1) is 29.4 Å². The Bertz CT molecular complexity index is 1590. The van der Waals surface area contributed by atoms with Crippen molar-refractivity contribution in [2.24, 2.45) is 16.6 Å². The zero-order valence-corrected chi connectivity index (χ0v) is 21.8. The molecule has 3 aromatic rings. The number of aliphatic imine (C=N–C) groups is 1. The van der Waals surface area contributed by atoms with Gasteiger partial charge in [-0.2, -0.15) is 0 Å². The Balaban J connectivity index is 1.48. The van der Waals surface area contributed by atoms with Gasteiger partial charge in [0.25, 0.3) is 0 Å². The number of pyridine rings is 3. The van der Waals surface area contributed by atoms with Gasteiger partial charge in [-0.3, -0.25) is 19.9 Å². The Hall–Kier alpha value is -3.58. The van der Waals surface area contributed by atoms with E-state index in [4.69, 9.17) is 10.5 Å². The SMILES string of the molecule is CC#CCOc1cnc2c(Cc3cc([C@]4(C)CS(=O)(=O)[C@@](C)(C5CC5)C(N)=N4)c(F)cn3)nccc2c1. The second-order valence-corrected chi connectivity index (χ2v) is 12.3. The molecule has 2 N–H and O–H groups in total. The molecule has 1 saturated carbocycles. The molecular formula is C27H28FN5O3S. The molecule has 1 aliphatic heterocycles. The fourth-order valence-electron chi connectivity index (χ4n) is 4.98. The monoisotopic (exact) mass is 521 g/mol. The van der Waals surface area contributed by atoms with Crippen molar-refractivity contribution >= 4 is 26.6 Å². The first-order chi connectivity index (χ1) is 17.6. The van der Waals surface area contributed by atoms with Gasteiger partial charge in [-0.05, 0) is 57.7 Å². The number of halogens is 1. The minimum Gasteiger partial charge on any atom is -0.479 e. The number of hydrogen-bond acceptors (Lipinski definition) is 8. The molecule has 3 aromatic heterocycles. The summed E-state index contributed by atoms with van der Waals surface area (Å²) < 4.78 is 46.3. The highest BCUT2D eigenvalue weighted by molar-refractivity contribution is 7.93. The Morgan fingerprint density at radius 2 is 1.97 bits per heavy atom.